The van der Waals surface area contributed by atoms with Gasteiger partial charge in [-0.2, -0.15) is 0 Å². The fourth-order valence-corrected chi connectivity index (χ4v) is 3.34. The number of fused-ring (bicyclic) bond motifs is 1. The van der Waals surface area contributed by atoms with E-state index in [0.717, 1.165) is 36.8 Å². The summed E-state index contributed by atoms with van der Waals surface area (Å²) >= 11 is 0. The second kappa shape index (κ2) is 9.58. The Hall–Kier alpha value is -1.07. The van der Waals surface area contributed by atoms with Gasteiger partial charge in [-0.15, -0.1) is 0 Å². The monoisotopic (exact) mass is 381 g/mol. The van der Waals surface area contributed by atoms with Crippen LogP contribution in [-0.4, -0.2) is 35.5 Å². The summed E-state index contributed by atoms with van der Waals surface area (Å²) in [5.41, 5.74) is 1.32. The Labute approximate surface area is 161 Å². The van der Waals surface area contributed by atoms with E-state index < -0.39 is 22.5 Å². The number of esters is 1. The van der Waals surface area contributed by atoms with Crippen LogP contribution in [0.5, 0.6) is 5.75 Å². The van der Waals surface area contributed by atoms with E-state index in [1.54, 1.807) is 26.8 Å². The number of benzene rings is 1. The number of carbonyl (C=O) groups excluding carboxylic acids is 1. The standard InChI is InChI=1S/C17H24NO5S.Al/c1-17(2,3)23-16(19)11-22-15-10-6-8-12-13(15)7-4-5-9-14(12)18-24(20)21;/h6,8,10,14H,4-5,7,9,11H2,1-3H3,(H,18,20,21);/q-1;+1. The van der Waals surface area contributed by atoms with E-state index >= 15 is 0 Å². The van der Waals surface area contributed by atoms with Gasteiger partial charge in [0, 0.05) is 6.04 Å². The van der Waals surface area contributed by atoms with E-state index in [9.17, 15) is 13.2 Å². The van der Waals surface area contributed by atoms with Crippen LogP contribution >= 0.6 is 0 Å². The minimum atomic E-state index is -2.32. The van der Waals surface area contributed by atoms with Gasteiger partial charge in [-0.3, -0.25) is 0 Å². The molecule has 1 atom stereocenters. The van der Waals surface area contributed by atoms with Crippen LogP contribution in [0.3, 0.4) is 0 Å². The summed E-state index contributed by atoms with van der Waals surface area (Å²) in [5.74, 6) is 0.188. The fourth-order valence-electron chi connectivity index (χ4n) is 2.86. The molecule has 1 aliphatic carbocycles. The maximum absolute atomic E-state index is 11.8. The molecule has 0 spiro atoms. The topological polar surface area (TPSA) is 81.7 Å². The van der Waals surface area contributed by atoms with Crippen molar-refractivity contribution in [2.24, 2.45) is 0 Å². The molecule has 0 heterocycles. The molecular weight excluding hydrogens is 357 g/mol. The first kappa shape index (κ1) is 22.0. The Kier molecular flexibility index (Phi) is 8.42. The van der Waals surface area contributed by atoms with E-state index in [0.29, 0.717) is 5.75 Å². The van der Waals surface area contributed by atoms with E-state index in [1.807, 2.05) is 12.1 Å². The minimum absolute atomic E-state index is 0. The van der Waals surface area contributed by atoms with E-state index in [-0.39, 0.29) is 30.0 Å². The molecule has 6 nitrogen and oxygen atoms in total. The zero-order valence-corrected chi connectivity index (χ0v) is 16.8. The third-order valence-electron chi connectivity index (χ3n) is 3.72. The third-order valence-corrected chi connectivity index (χ3v) is 4.20. The molecular formula is C17H24AlNO5S. The summed E-state index contributed by atoms with van der Waals surface area (Å²) in [7, 11) is -2.32. The quantitative estimate of drug-likeness (QED) is 0.367. The maximum Gasteiger partial charge on any atom is 1.00 e. The number of carbonyl (C=O) groups is 1. The van der Waals surface area contributed by atoms with E-state index in [2.05, 4.69) is 4.72 Å². The second-order valence-corrected chi connectivity index (χ2v) is 7.56. The Balaban J connectivity index is 0.00000312. The summed E-state index contributed by atoms with van der Waals surface area (Å²) in [6, 6.07) is 5.27. The summed E-state index contributed by atoms with van der Waals surface area (Å²) in [6.07, 6.45) is 3.42. The molecule has 0 bridgehead atoms. The molecule has 1 aromatic rings. The third kappa shape index (κ3) is 6.98. The molecule has 2 radical (unpaired) electrons. The first-order chi connectivity index (χ1) is 11.3. The molecule has 25 heavy (non-hydrogen) atoms. The predicted octanol–water partition coefficient (Wildman–Crippen LogP) is 2.61. The van der Waals surface area contributed by atoms with Gasteiger partial charge in [0.15, 0.2) is 6.61 Å². The number of ether oxygens (including phenoxy) is 2. The molecule has 1 aliphatic rings. The van der Waals surface area contributed by atoms with Crippen molar-refractivity contribution in [2.75, 3.05) is 6.61 Å². The van der Waals surface area contributed by atoms with Crippen LogP contribution in [0.15, 0.2) is 18.2 Å². The summed E-state index contributed by atoms with van der Waals surface area (Å²) < 4.78 is 35.5. The van der Waals surface area contributed by atoms with E-state index in [4.69, 9.17) is 9.47 Å². The van der Waals surface area contributed by atoms with Crippen LogP contribution in [0, 0.1) is 0 Å². The fraction of sp³-hybridized carbons (Fsp3) is 0.588. The largest absolute Gasteiger partial charge is 1.00 e. The summed E-state index contributed by atoms with van der Waals surface area (Å²) in [5, 5.41) is 0. The van der Waals surface area contributed by atoms with Crippen LogP contribution in [0.1, 0.15) is 57.2 Å². The molecule has 1 unspecified atom stereocenters. The van der Waals surface area contributed by atoms with Crippen molar-refractivity contribution in [2.45, 2.75) is 58.1 Å². The number of nitrogens with one attached hydrogen (secondary N) is 1. The molecule has 136 valence electrons. The van der Waals surface area contributed by atoms with Crippen molar-refractivity contribution in [1.29, 1.82) is 0 Å². The first-order valence-corrected chi connectivity index (χ1v) is 9.15. The van der Waals surface area contributed by atoms with Crippen molar-refractivity contribution in [3.63, 3.8) is 0 Å². The number of hydrogen-bond donors (Lipinski definition) is 1. The Morgan fingerprint density at radius 2 is 2.00 bits per heavy atom. The number of hydrogen-bond acceptors (Lipinski definition) is 6. The molecule has 0 saturated carbocycles. The average molecular weight is 381 g/mol. The zero-order valence-electron chi connectivity index (χ0n) is 14.9. The Morgan fingerprint density at radius 3 is 2.64 bits per heavy atom. The number of rotatable bonds is 5. The summed E-state index contributed by atoms with van der Waals surface area (Å²) in [6.45, 7) is 5.25. The Bertz CT molecular complexity index is 661. The maximum atomic E-state index is 11.8. The van der Waals surface area contributed by atoms with Crippen molar-refractivity contribution >= 4 is 34.2 Å². The molecule has 0 aromatic heterocycles. The second-order valence-electron chi connectivity index (χ2n) is 6.85. The molecule has 1 aromatic carbocycles. The Morgan fingerprint density at radius 1 is 1.28 bits per heavy atom. The first-order valence-electron chi connectivity index (χ1n) is 8.08. The van der Waals surface area contributed by atoms with Gasteiger partial charge in [0.1, 0.15) is 11.4 Å². The van der Waals surface area contributed by atoms with Crippen LogP contribution < -0.4 is 9.46 Å². The van der Waals surface area contributed by atoms with Crippen LogP contribution in [0.2, 0.25) is 0 Å². The van der Waals surface area contributed by atoms with Crippen molar-refractivity contribution in [3.05, 3.63) is 29.3 Å². The molecule has 8 heteroatoms. The summed E-state index contributed by atoms with van der Waals surface area (Å²) in [4.78, 5) is 11.8. The van der Waals surface area contributed by atoms with Gasteiger partial charge in [-0.25, -0.2) is 4.79 Å². The zero-order chi connectivity index (χ0) is 17.7. The van der Waals surface area contributed by atoms with Gasteiger partial charge in [0.05, 0.1) is 0 Å². The minimum Gasteiger partial charge on any atom is -0.482 e. The van der Waals surface area contributed by atoms with Gasteiger partial charge in [0.2, 0.25) is 0 Å². The van der Waals surface area contributed by atoms with Crippen LogP contribution in [0.25, 0.3) is 0 Å². The van der Waals surface area contributed by atoms with Gasteiger partial charge in [-0.05, 0) is 68.1 Å². The normalized spacial score (nSPS) is 17.2. The molecule has 0 aliphatic heterocycles. The van der Waals surface area contributed by atoms with Gasteiger partial charge in [0.25, 0.3) is 0 Å². The molecule has 0 saturated heterocycles. The van der Waals surface area contributed by atoms with Crippen molar-refractivity contribution < 1.29 is 22.7 Å². The van der Waals surface area contributed by atoms with Gasteiger partial charge < -0.3 is 22.6 Å². The van der Waals surface area contributed by atoms with E-state index in [1.165, 1.54) is 0 Å². The van der Waals surface area contributed by atoms with Crippen LogP contribution in [0.4, 0.5) is 0 Å². The molecule has 2 rings (SSSR count). The molecule has 0 fully saturated rings. The van der Waals surface area contributed by atoms with Crippen LogP contribution in [-0.2, 0) is 35.3 Å². The smallest absolute Gasteiger partial charge is 0.482 e. The van der Waals surface area contributed by atoms with Crippen molar-refractivity contribution in [3.8, 4) is 5.75 Å². The van der Waals surface area contributed by atoms with Crippen molar-refractivity contribution in [1.82, 2.24) is 4.72 Å². The predicted molar refractivity (Wildman–Crippen MR) is 95.7 cm³/mol. The average Bonchev–Trinajstić information content (AvgIpc) is 2.66. The van der Waals surface area contributed by atoms with Gasteiger partial charge in [-0.1, -0.05) is 18.6 Å². The van der Waals surface area contributed by atoms with Gasteiger partial charge >= 0.3 is 23.3 Å². The molecule has 1 N–H and O–H groups in total. The SMILES string of the molecule is CC(C)(C)OC(=O)COc1cccc2c1CCCCC2N[S-](=O)=O.[Al+]. The molecule has 0 amide bonds.